The molecule has 0 saturated carbocycles. The number of aromatic nitrogens is 3. The lowest BCUT2D eigenvalue weighted by Crippen LogP contribution is -2.46. The standard InChI is InChI=1S/C26H26FN7O/c1-4-33-9-11-34(12-10-33)19-6-8-22(29-15-19)32-25-24(28-3)26(31-16-30-25)35-21-7-5-18-13-17(2)14-20(18)23(21)27/h5-8,14-16H,4,9-13H2,1-2H3,(H,29,30,31,32). The van der Waals surface area contributed by atoms with Gasteiger partial charge in [-0.3, -0.25) is 0 Å². The number of piperazine rings is 1. The average Bonchev–Trinajstić information content (AvgIpc) is 3.28. The molecule has 35 heavy (non-hydrogen) atoms. The van der Waals surface area contributed by atoms with E-state index in [-0.39, 0.29) is 23.1 Å². The Morgan fingerprint density at radius 1 is 1.11 bits per heavy atom. The SMILES string of the molecule is [C-]#[N+]c1c(Nc2ccc(N3CCN(CC)CC3)cn2)ncnc1Oc1ccc2c(c1F)C=C(C)C2. The number of allylic oxidation sites excluding steroid dienone is 1. The highest BCUT2D eigenvalue weighted by molar-refractivity contribution is 5.75. The van der Waals surface area contributed by atoms with Gasteiger partial charge in [-0.05, 0) is 43.7 Å². The molecule has 3 aromatic rings. The van der Waals surface area contributed by atoms with Gasteiger partial charge in [-0.2, -0.15) is 0 Å². The largest absolute Gasteiger partial charge is 0.446 e. The Morgan fingerprint density at radius 3 is 2.66 bits per heavy atom. The summed E-state index contributed by atoms with van der Waals surface area (Å²) in [7, 11) is 0. The molecule has 2 aliphatic rings. The number of fused-ring (bicyclic) bond motifs is 1. The summed E-state index contributed by atoms with van der Waals surface area (Å²) >= 11 is 0. The second-order valence-electron chi connectivity index (χ2n) is 8.66. The van der Waals surface area contributed by atoms with Crippen molar-refractivity contribution in [2.75, 3.05) is 42.9 Å². The molecule has 0 bridgehead atoms. The van der Waals surface area contributed by atoms with E-state index in [0.717, 1.165) is 56.0 Å². The molecule has 178 valence electrons. The van der Waals surface area contributed by atoms with Crippen LogP contribution in [0, 0.1) is 12.4 Å². The Labute approximate surface area is 203 Å². The number of hydrogen-bond donors (Lipinski definition) is 1. The Bertz CT molecular complexity index is 1310. The zero-order chi connectivity index (χ0) is 24.4. The minimum atomic E-state index is -0.458. The number of nitrogens with one attached hydrogen (secondary N) is 1. The number of hydrogen-bond acceptors (Lipinski definition) is 7. The van der Waals surface area contributed by atoms with Crippen LogP contribution in [0.5, 0.6) is 11.6 Å². The van der Waals surface area contributed by atoms with Gasteiger partial charge in [-0.1, -0.05) is 24.6 Å². The smallest absolute Gasteiger partial charge is 0.288 e. The molecule has 0 unspecified atom stereocenters. The van der Waals surface area contributed by atoms with Gasteiger partial charge in [0.15, 0.2) is 11.6 Å². The van der Waals surface area contributed by atoms with Gasteiger partial charge >= 0.3 is 0 Å². The lowest BCUT2D eigenvalue weighted by Gasteiger charge is -2.35. The lowest BCUT2D eigenvalue weighted by molar-refractivity contribution is 0.271. The number of halogens is 1. The van der Waals surface area contributed by atoms with Crippen LogP contribution in [0.15, 0.2) is 42.4 Å². The van der Waals surface area contributed by atoms with Gasteiger partial charge in [0.05, 0.1) is 18.5 Å². The van der Waals surface area contributed by atoms with Crippen molar-refractivity contribution in [2.45, 2.75) is 20.3 Å². The molecule has 0 radical (unpaired) electrons. The van der Waals surface area contributed by atoms with Crippen LogP contribution >= 0.6 is 0 Å². The number of anilines is 3. The van der Waals surface area contributed by atoms with Crippen molar-refractivity contribution < 1.29 is 9.13 Å². The number of nitrogens with zero attached hydrogens (tertiary/aromatic N) is 6. The Balaban J connectivity index is 1.33. The van der Waals surface area contributed by atoms with Gasteiger partial charge in [-0.25, -0.2) is 24.2 Å². The molecule has 2 aromatic heterocycles. The highest BCUT2D eigenvalue weighted by atomic mass is 19.1. The normalized spacial score (nSPS) is 15.4. The van der Waals surface area contributed by atoms with Gasteiger partial charge in [0.25, 0.3) is 5.69 Å². The molecular weight excluding hydrogens is 445 g/mol. The van der Waals surface area contributed by atoms with Crippen molar-refractivity contribution >= 4 is 29.1 Å². The molecule has 1 saturated heterocycles. The number of benzene rings is 1. The second-order valence-corrected chi connectivity index (χ2v) is 8.66. The van der Waals surface area contributed by atoms with Crippen LogP contribution in [0.1, 0.15) is 25.0 Å². The quantitative estimate of drug-likeness (QED) is 0.496. The minimum absolute atomic E-state index is 0.0135. The number of likely N-dealkylation sites (N-methyl/N-ethyl adjacent to an activating group) is 1. The Morgan fingerprint density at radius 2 is 1.94 bits per heavy atom. The molecule has 3 heterocycles. The molecule has 8 nitrogen and oxygen atoms in total. The van der Waals surface area contributed by atoms with Crippen LogP contribution in [-0.4, -0.2) is 52.6 Å². The molecule has 0 atom stereocenters. The van der Waals surface area contributed by atoms with Gasteiger partial charge in [0, 0.05) is 31.7 Å². The van der Waals surface area contributed by atoms with E-state index in [4.69, 9.17) is 11.3 Å². The summed E-state index contributed by atoms with van der Waals surface area (Å²) < 4.78 is 20.8. The fourth-order valence-corrected chi connectivity index (χ4v) is 4.42. The third kappa shape index (κ3) is 4.66. The molecule has 1 aromatic carbocycles. The number of ether oxygens (including phenoxy) is 1. The number of rotatable bonds is 6. The molecule has 1 N–H and O–H groups in total. The van der Waals surface area contributed by atoms with Crippen molar-refractivity contribution in [2.24, 2.45) is 0 Å². The maximum absolute atomic E-state index is 15.0. The first-order valence-electron chi connectivity index (χ1n) is 11.6. The second kappa shape index (κ2) is 9.68. The van der Waals surface area contributed by atoms with E-state index >= 15 is 4.39 Å². The summed E-state index contributed by atoms with van der Waals surface area (Å²) in [5.74, 6) is 0.342. The zero-order valence-corrected chi connectivity index (χ0v) is 19.8. The highest BCUT2D eigenvalue weighted by Crippen LogP contribution is 2.39. The van der Waals surface area contributed by atoms with E-state index < -0.39 is 5.82 Å². The Kier molecular flexibility index (Phi) is 6.29. The monoisotopic (exact) mass is 471 g/mol. The first-order valence-corrected chi connectivity index (χ1v) is 11.6. The maximum Gasteiger partial charge on any atom is 0.288 e. The van der Waals surface area contributed by atoms with E-state index in [0.29, 0.717) is 11.4 Å². The summed E-state index contributed by atoms with van der Waals surface area (Å²) in [6.45, 7) is 16.9. The van der Waals surface area contributed by atoms with Crippen LogP contribution in [0.4, 0.5) is 27.4 Å². The van der Waals surface area contributed by atoms with Crippen molar-refractivity contribution in [1.29, 1.82) is 0 Å². The van der Waals surface area contributed by atoms with E-state index in [1.807, 2.05) is 37.4 Å². The molecular formula is C26H26FN7O. The molecule has 1 aliphatic carbocycles. The van der Waals surface area contributed by atoms with Crippen LogP contribution in [0.25, 0.3) is 10.9 Å². The van der Waals surface area contributed by atoms with Crippen molar-refractivity contribution in [3.8, 4) is 11.6 Å². The fourth-order valence-electron chi connectivity index (χ4n) is 4.42. The Hall–Kier alpha value is -4.03. The van der Waals surface area contributed by atoms with Crippen molar-refractivity contribution in [1.82, 2.24) is 19.9 Å². The first-order chi connectivity index (χ1) is 17.1. The van der Waals surface area contributed by atoms with Gasteiger partial charge in [0.1, 0.15) is 18.0 Å². The average molecular weight is 472 g/mol. The van der Waals surface area contributed by atoms with Gasteiger partial charge < -0.3 is 19.9 Å². The summed E-state index contributed by atoms with van der Waals surface area (Å²) in [5.41, 5.74) is 3.65. The molecule has 0 spiro atoms. The summed E-state index contributed by atoms with van der Waals surface area (Å²) in [5, 5.41) is 3.07. The van der Waals surface area contributed by atoms with E-state index in [1.165, 1.54) is 6.33 Å². The molecule has 1 fully saturated rings. The predicted molar refractivity (Wildman–Crippen MR) is 134 cm³/mol. The molecule has 9 heteroatoms. The third-order valence-electron chi connectivity index (χ3n) is 6.38. The van der Waals surface area contributed by atoms with Crippen LogP contribution in [-0.2, 0) is 6.42 Å². The topological polar surface area (TPSA) is 70.8 Å². The number of pyridine rings is 1. The molecule has 0 amide bonds. The maximum atomic E-state index is 15.0. The van der Waals surface area contributed by atoms with Crippen molar-refractivity contribution in [3.63, 3.8) is 0 Å². The van der Waals surface area contributed by atoms with E-state index in [1.54, 1.807) is 6.07 Å². The minimum Gasteiger partial charge on any atom is -0.446 e. The van der Waals surface area contributed by atoms with Crippen LogP contribution in [0.3, 0.4) is 0 Å². The predicted octanol–water partition coefficient (Wildman–Crippen LogP) is 5.20. The molecule has 5 rings (SSSR count). The third-order valence-corrected chi connectivity index (χ3v) is 6.38. The lowest BCUT2D eigenvalue weighted by atomic mass is 10.1. The summed E-state index contributed by atoms with van der Waals surface area (Å²) in [6, 6.07) is 7.27. The van der Waals surface area contributed by atoms with E-state index in [9.17, 15) is 0 Å². The summed E-state index contributed by atoms with van der Waals surface area (Å²) in [6.07, 6.45) is 5.64. The van der Waals surface area contributed by atoms with Gasteiger partial charge in [-0.15, -0.1) is 0 Å². The fraction of sp³-hybridized carbons (Fsp3) is 0.308. The molecule has 1 aliphatic heterocycles. The van der Waals surface area contributed by atoms with Crippen molar-refractivity contribution in [3.05, 3.63) is 70.7 Å². The van der Waals surface area contributed by atoms with Crippen LogP contribution in [0.2, 0.25) is 0 Å². The highest BCUT2D eigenvalue weighted by Gasteiger charge is 2.21. The first kappa shape index (κ1) is 22.7. The van der Waals surface area contributed by atoms with Gasteiger partial charge in [0.2, 0.25) is 5.88 Å². The zero-order valence-electron chi connectivity index (χ0n) is 19.8. The van der Waals surface area contributed by atoms with Crippen LogP contribution < -0.4 is 15.0 Å². The van der Waals surface area contributed by atoms with E-state index in [2.05, 4.69) is 41.8 Å². The summed E-state index contributed by atoms with van der Waals surface area (Å²) in [4.78, 5) is 21.1.